The fourth-order valence-corrected chi connectivity index (χ4v) is 2.17. The van der Waals surface area contributed by atoms with E-state index in [0.717, 1.165) is 5.56 Å². The van der Waals surface area contributed by atoms with E-state index in [9.17, 15) is 14.4 Å². The minimum absolute atomic E-state index is 0.108. The fourth-order valence-electron chi connectivity index (χ4n) is 2.17. The number of carbonyl (C=O) groups is 3. The second kappa shape index (κ2) is 9.96. The number of likely N-dealkylation sites (N-methyl/N-ethyl adjacent to an activating group) is 1. The van der Waals surface area contributed by atoms with Crippen LogP contribution in [-0.4, -0.2) is 49.4 Å². The Bertz CT molecular complexity index is 776. The number of nitrogens with zero attached hydrogens (tertiary/aromatic N) is 1. The van der Waals surface area contributed by atoms with Crippen LogP contribution in [0.4, 0.5) is 5.69 Å². The van der Waals surface area contributed by atoms with Crippen LogP contribution in [0.1, 0.15) is 5.56 Å². The van der Waals surface area contributed by atoms with Crippen molar-refractivity contribution in [2.24, 2.45) is 0 Å². The lowest BCUT2D eigenvalue weighted by molar-refractivity contribution is -0.134. The highest BCUT2D eigenvalue weighted by Crippen LogP contribution is 2.08. The van der Waals surface area contributed by atoms with Gasteiger partial charge in [-0.1, -0.05) is 35.9 Å². The Labute approximate surface area is 158 Å². The topological polar surface area (TPSA) is 87.7 Å². The first-order valence-electron chi connectivity index (χ1n) is 8.49. The maximum Gasteiger partial charge on any atom is 0.258 e. The summed E-state index contributed by atoms with van der Waals surface area (Å²) >= 11 is 0. The minimum Gasteiger partial charge on any atom is -0.484 e. The number of nitrogens with one attached hydrogen (secondary N) is 2. The SMILES string of the molecule is Cc1ccc(NC(=O)CN(C)C(=O)CNC(=O)COc2ccccc2)cc1. The Balaban J connectivity index is 1.69. The quantitative estimate of drug-likeness (QED) is 0.740. The Morgan fingerprint density at radius 3 is 2.30 bits per heavy atom. The van der Waals surface area contributed by atoms with Crippen LogP contribution in [0.15, 0.2) is 54.6 Å². The number of anilines is 1. The third kappa shape index (κ3) is 7.19. The molecule has 0 fully saturated rings. The largest absolute Gasteiger partial charge is 0.484 e. The molecular formula is C20H23N3O4. The van der Waals surface area contributed by atoms with Crippen LogP contribution in [0.3, 0.4) is 0 Å². The van der Waals surface area contributed by atoms with Crippen molar-refractivity contribution < 1.29 is 19.1 Å². The van der Waals surface area contributed by atoms with E-state index in [1.807, 2.05) is 25.1 Å². The summed E-state index contributed by atoms with van der Waals surface area (Å²) < 4.78 is 5.30. The maximum absolute atomic E-state index is 12.0. The van der Waals surface area contributed by atoms with E-state index in [4.69, 9.17) is 4.74 Å². The zero-order valence-corrected chi connectivity index (χ0v) is 15.4. The summed E-state index contributed by atoms with van der Waals surface area (Å²) in [6.07, 6.45) is 0. The van der Waals surface area contributed by atoms with Gasteiger partial charge in [0.2, 0.25) is 11.8 Å². The van der Waals surface area contributed by atoms with Gasteiger partial charge in [-0.2, -0.15) is 0 Å². The van der Waals surface area contributed by atoms with Gasteiger partial charge in [-0.25, -0.2) is 0 Å². The minimum atomic E-state index is -0.412. The highest BCUT2D eigenvalue weighted by Gasteiger charge is 2.14. The summed E-state index contributed by atoms with van der Waals surface area (Å²) in [5, 5.41) is 5.19. The maximum atomic E-state index is 12.0. The second-order valence-corrected chi connectivity index (χ2v) is 6.04. The van der Waals surface area contributed by atoms with Crippen molar-refractivity contribution in [3.63, 3.8) is 0 Å². The molecule has 0 saturated heterocycles. The van der Waals surface area contributed by atoms with Crippen LogP contribution in [0, 0.1) is 6.92 Å². The van der Waals surface area contributed by atoms with E-state index in [0.29, 0.717) is 11.4 Å². The Morgan fingerprint density at radius 1 is 0.963 bits per heavy atom. The van der Waals surface area contributed by atoms with Gasteiger partial charge in [0.1, 0.15) is 5.75 Å². The number of hydrogen-bond acceptors (Lipinski definition) is 4. The van der Waals surface area contributed by atoms with Crippen molar-refractivity contribution in [2.75, 3.05) is 32.1 Å². The summed E-state index contributed by atoms with van der Waals surface area (Å²) in [6, 6.07) is 16.3. The molecule has 0 radical (unpaired) electrons. The van der Waals surface area contributed by atoms with Crippen molar-refractivity contribution in [2.45, 2.75) is 6.92 Å². The highest BCUT2D eigenvalue weighted by atomic mass is 16.5. The summed E-state index contributed by atoms with van der Waals surface area (Å²) in [6.45, 7) is 1.46. The number of amides is 3. The lowest BCUT2D eigenvalue weighted by Gasteiger charge is -2.17. The summed E-state index contributed by atoms with van der Waals surface area (Å²) in [7, 11) is 1.50. The normalized spacial score (nSPS) is 10.0. The first-order chi connectivity index (χ1) is 12.9. The van der Waals surface area contributed by atoms with Crippen LogP contribution in [0.25, 0.3) is 0 Å². The number of benzene rings is 2. The molecule has 2 aromatic carbocycles. The second-order valence-electron chi connectivity index (χ2n) is 6.04. The molecule has 7 nitrogen and oxygen atoms in total. The van der Waals surface area contributed by atoms with Crippen LogP contribution in [0.2, 0.25) is 0 Å². The number of carbonyl (C=O) groups excluding carboxylic acids is 3. The van der Waals surface area contributed by atoms with Crippen molar-refractivity contribution in [3.8, 4) is 5.75 Å². The van der Waals surface area contributed by atoms with Crippen LogP contribution < -0.4 is 15.4 Å². The first-order valence-corrected chi connectivity index (χ1v) is 8.49. The standard InChI is InChI=1S/C20H23N3O4/c1-15-8-10-16(11-9-15)22-18(24)13-23(2)20(26)12-21-19(25)14-27-17-6-4-3-5-7-17/h3-11H,12-14H2,1-2H3,(H,21,25)(H,22,24). The predicted molar refractivity (Wildman–Crippen MR) is 102 cm³/mol. The Kier molecular flexibility index (Phi) is 7.37. The van der Waals surface area contributed by atoms with Crippen LogP contribution >= 0.6 is 0 Å². The molecule has 0 aliphatic rings. The van der Waals surface area contributed by atoms with Gasteiger partial charge < -0.3 is 20.3 Å². The zero-order valence-electron chi connectivity index (χ0n) is 15.4. The number of rotatable bonds is 8. The predicted octanol–water partition coefficient (Wildman–Crippen LogP) is 1.59. The Hall–Kier alpha value is -3.35. The van der Waals surface area contributed by atoms with Gasteiger partial charge in [-0.05, 0) is 31.2 Å². The highest BCUT2D eigenvalue weighted by molar-refractivity contribution is 5.95. The molecule has 3 amide bonds. The van der Waals surface area contributed by atoms with Gasteiger partial charge in [-0.15, -0.1) is 0 Å². The van der Waals surface area contributed by atoms with E-state index < -0.39 is 5.91 Å². The number of aryl methyl sites for hydroxylation is 1. The zero-order chi connectivity index (χ0) is 19.6. The average Bonchev–Trinajstić information content (AvgIpc) is 2.67. The molecule has 27 heavy (non-hydrogen) atoms. The van der Waals surface area contributed by atoms with E-state index in [2.05, 4.69) is 10.6 Å². The van der Waals surface area contributed by atoms with Crippen molar-refractivity contribution in [1.29, 1.82) is 0 Å². The van der Waals surface area contributed by atoms with Gasteiger partial charge in [0.05, 0.1) is 13.1 Å². The van der Waals surface area contributed by atoms with E-state index in [1.54, 1.807) is 36.4 Å². The number of para-hydroxylation sites is 1. The summed E-state index contributed by atoms with van der Waals surface area (Å²) in [5.74, 6) is -0.524. The molecule has 0 heterocycles. The average molecular weight is 369 g/mol. The van der Waals surface area contributed by atoms with Gasteiger partial charge in [0, 0.05) is 12.7 Å². The molecule has 0 spiro atoms. The van der Waals surface area contributed by atoms with E-state index >= 15 is 0 Å². The molecule has 2 aromatic rings. The van der Waals surface area contributed by atoms with Crippen molar-refractivity contribution >= 4 is 23.4 Å². The molecule has 0 aliphatic carbocycles. The number of hydrogen-bond donors (Lipinski definition) is 2. The molecule has 7 heteroatoms. The van der Waals surface area contributed by atoms with Gasteiger partial charge in [0.15, 0.2) is 6.61 Å². The first kappa shape index (κ1) is 20.0. The van der Waals surface area contributed by atoms with Crippen LogP contribution in [0.5, 0.6) is 5.75 Å². The van der Waals surface area contributed by atoms with Crippen LogP contribution in [-0.2, 0) is 14.4 Å². The van der Waals surface area contributed by atoms with Gasteiger partial charge in [0.25, 0.3) is 5.91 Å². The monoisotopic (exact) mass is 369 g/mol. The van der Waals surface area contributed by atoms with Crippen molar-refractivity contribution in [1.82, 2.24) is 10.2 Å². The fraction of sp³-hybridized carbons (Fsp3) is 0.250. The molecule has 0 unspecified atom stereocenters. The lowest BCUT2D eigenvalue weighted by atomic mass is 10.2. The molecular weight excluding hydrogens is 346 g/mol. The van der Waals surface area contributed by atoms with E-state index in [-0.39, 0.29) is 31.5 Å². The number of ether oxygens (including phenoxy) is 1. The molecule has 0 aromatic heterocycles. The lowest BCUT2D eigenvalue weighted by Crippen LogP contribution is -2.42. The van der Waals surface area contributed by atoms with Crippen molar-refractivity contribution in [3.05, 3.63) is 60.2 Å². The third-order valence-corrected chi connectivity index (χ3v) is 3.69. The smallest absolute Gasteiger partial charge is 0.258 e. The Morgan fingerprint density at radius 2 is 1.63 bits per heavy atom. The molecule has 0 bridgehead atoms. The summed E-state index contributed by atoms with van der Waals surface area (Å²) in [4.78, 5) is 37.0. The third-order valence-electron chi connectivity index (χ3n) is 3.69. The molecule has 142 valence electrons. The van der Waals surface area contributed by atoms with Gasteiger partial charge in [-0.3, -0.25) is 14.4 Å². The molecule has 2 rings (SSSR count). The molecule has 2 N–H and O–H groups in total. The van der Waals surface area contributed by atoms with E-state index in [1.165, 1.54) is 11.9 Å². The molecule has 0 atom stereocenters. The molecule has 0 aliphatic heterocycles. The van der Waals surface area contributed by atoms with Gasteiger partial charge >= 0.3 is 0 Å². The summed E-state index contributed by atoms with van der Waals surface area (Å²) in [5.41, 5.74) is 1.75. The molecule has 0 saturated carbocycles.